The van der Waals surface area contributed by atoms with E-state index in [-0.39, 0.29) is 11.5 Å². The second-order valence-corrected chi connectivity index (χ2v) is 5.87. The third-order valence-corrected chi connectivity index (χ3v) is 4.23. The maximum absolute atomic E-state index is 11.8. The van der Waals surface area contributed by atoms with E-state index in [1.54, 1.807) is 24.3 Å². The lowest BCUT2D eigenvalue weighted by atomic mass is 10.3. The Kier molecular flexibility index (Phi) is 3.93. The predicted octanol–water partition coefficient (Wildman–Crippen LogP) is 1.63. The first-order valence-electron chi connectivity index (χ1n) is 5.13. The molecule has 0 radical (unpaired) electrons. The molecule has 2 amide bonds. The Morgan fingerprint density at radius 1 is 1.39 bits per heavy atom. The van der Waals surface area contributed by atoms with Crippen LogP contribution in [-0.2, 0) is 9.59 Å². The first kappa shape index (κ1) is 13.0. The number of imide groups is 1. The molecule has 2 rings (SSSR count). The molecule has 1 aliphatic rings. The Bertz CT molecular complexity index is 519. The van der Waals surface area contributed by atoms with Crippen LogP contribution in [0.15, 0.2) is 29.2 Å². The molecule has 1 aromatic carbocycles. The molecule has 0 aromatic heterocycles. The Morgan fingerprint density at radius 2 is 2.11 bits per heavy atom. The monoisotopic (exact) mass is 282 g/mol. The molecule has 94 valence electrons. The van der Waals surface area contributed by atoms with Crippen LogP contribution >= 0.6 is 23.5 Å². The van der Waals surface area contributed by atoms with Crippen molar-refractivity contribution in [1.82, 2.24) is 5.32 Å². The van der Waals surface area contributed by atoms with Crippen LogP contribution < -0.4 is 11.1 Å². The van der Waals surface area contributed by atoms with Crippen LogP contribution in [0.5, 0.6) is 0 Å². The van der Waals surface area contributed by atoms with Crippen molar-refractivity contribution >= 4 is 45.5 Å². The van der Waals surface area contributed by atoms with Crippen molar-refractivity contribution in [2.24, 2.45) is 0 Å². The standard InChI is InChI=1S/C11H10N2O3S2/c12-6-3-1-2-4-7(6)17-9(14)5-8-10(15)13-11(16)18-8/h1-4,8H,5,12H2,(H,13,15,16). The predicted molar refractivity (Wildman–Crippen MR) is 71.3 cm³/mol. The van der Waals surface area contributed by atoms with Crippen molar-refractivity contribution in [3.8, 4) is 0 Å². The lowest BCUT2D eigenvalue weighted by Gasteiger charge is -2.05. The number of para-hydroxylation sites is 1. The summed E-state index contributed by atoms with van der Waals surface area (Å²) in [6, 6.07) is 7.01. The van der Waals surface area contributed by atoms with E-state index in [1.807, 2.05) is 0 Å². The summed E-state index contributed by atoms with van der Waals surface area (Å²) in [6.07, 6.45) is 0.0151. The Labute approximate surface area is 112 Å². The third-order valence-electron chi connectivity index (χ3n) is 2.26. The number of amides is 2. The van der Waals surface area contributed by atoms with E-state index in [4.69, 9.17) is 5.73 Å². The molecule has 1 aliphatic heterocycles. The Morgan fingerprint density at radius 3 is 2.72 bits per heavy atom. The smallest absolute Gasteiger partial charge is 0.286 e. The molecule has 3 N–H and O–H groups in total. The topological polar surface area (TPSA) is 89.3 Å². The summed E-state index contributed by atoms with van der Waals surface area (Å²) >= 11 is 1.84. The van der Waals surface area contributed by atoms with Gasteiger partial charge in [0.1, 0.15) is 5.25 Å². The maximum atomic E-state index is 11.8. The van der Waals surface area contributed by atoms with Gasteiger partial charge in [0.25, 0.3) is 5.24 Å². The molecular weight excluding hydrogens is 272 g/mol. The van der Waals surface area contributed by atoms with Crippen molar-refractivity contribution in [2.75, 3.05) is 5.73 Å². The van der Waals surface area contributed by atoms with Gasteiger partial charge in [-0.3, -0.25) is 19.7 Å². The number of benzene rings is 1. The van der Waals surface area contributed by atoms with Crippen LogP contribution in [0.1, 0.15) is 6.42 Å². The first-order valence-corrected chi connectivity index (χ1v) is 6.82. The van der Waals surface area contributed by atoms with Gasteiger partial charge in [0.05, 0.1) is 0 Å². The van der Waals surface area contributed by atoms with Gasteiger partial charge in [0.2, 0.25) is 5.91 Å². The summed E-state index contributed by atoms with van der Waals surface area (Å²) in [7, 11) is 0. The van der Waals surface area contributed by atoms with Crippen molar-refractivity contribution in [1.29, 1.82) is 0 Å². The van der Waals surface area contributed by atoms with E-state index in [9.17, 15) is 14.4 Å². The van der Waals surface area contributed by atoms with E-state index in [2.05, 4.69) is 5.32 Å². The van der Waals surface area contributed by atoms with Crippen LogP contribution in [0, 0.1) is 0 Å². The summed E-state index contributed by atoms with van der Waals surface area (Å²) < 4.78 is 0. The number of rotatable bonds is 3. The van der Waals surface area contributed by atoms with Gasteiger partial charge >= 0.3 is 0 Å². The number of carbonyl (C=O) groups excluding carboxylic acids is 3. The third kappa shape index (κ3) is 3.05. The number of nitrogen functional groups attached to an aromatic ring is 1. The zero-order chi connectivity index (χ0) is 13.1. The summed E-state index contributed by atoms with van der Waals surface area (Å²) in [6.45, 7) is 0. The highest BCUT2D eigenvalue weighted by molar-refractivity contribution is 8.16. The number of carbonyl (C=O) groups is 3. The van der Waals surface area contributed by atoms with Gasteiger partial charge < -0.3 is 5.73 Å². The van der Waals surface area contributed by atoms with Crippen LogP contribution in [0.4, 0.5) is 10.5 Å². The van der Waals surface area contributed by atoms with Crippen molar-refractivity contribution in [2.45, 2.75) is 16.6 Å². The SMILES string of the molecule is Nc1ccccc1SC(=O)CC1SC(=O)NC1=O. The molecule has 1 fully saturated rings. The number of hydrogen-bond donors (Lipinski definition) is 2. The van der Waals surface area contributed by atoms with Crippen molar-refractivity contribution < 1.29 is 14.4 Å². The zero-order valence-corrected chi connectivity index (χ0v) is 10.8. The zero-order valence-electron chi connectivity index (χ0n) is 9.21. The second-order valence-electron chi connectivity index (χ2n) is 3.60. The Hall–Kier alpha value is -1.47. The molecule has 0 aliphatic carbocycles. The molecule has 1 aromatic rings. The highest BCUT2D eigenvalue weighted by atomic mass is 32.2. The minimum atomic E-state index is -0.623. The molecule has 1 unspecified atom stereocenters. The molecule has 1 heterocycles. The number of nitrogens with two attached hydrogens (primary N) is 1. The number of nitrogens with one attached hydrogen (secondary N) is 1. The number of thioether (sulfide) groups is 2. The quantitative estimate of drug-likeness (QED) is 0.647. The Balaban J connectivity index is 1.95. The molecule has 18 heavy (non-hydrogen) atoms. The summed E-state index contributed by atoms with van der Waals surface area (Å²) in [5, 5.41) is 0.938. The highest BCUT2D eigenvalue weighted by Crippen LogP contribution is 2.30. The van der Waals surface area contributed by atoms with E-state index < -0.39 is 16.4 Å². The summed E-state index contributed by atoms with van der Waals surface area (Å²) in [5.74, 6) is -0.403. The van der Waals surface area contributed by atoms with E-state index in [0.29, 0.717) is 10.6 Å². The highest BCUT2D eigenvalue weighted by Gasteiger charge is 2.33. The van der Waals surface area contributed by atoms with E-state index >= 15 is 0 Å². The largest absolute Gasteiger partial charge is 0.398 e. The minimum Gasteiger partial charge on any atom is -0.398 e. The van der Waals surface area contributed by atoms with Gasteiger partial charge in [0.15, 0.2) is 5.12 Å². The lowest BCUT2D eigenvalue weighted by molar-refractivity contribution is -0.121. The first-order chi connectivity index (χ1) is 8.56. The average Bonchev–Trinajstić information content (AvgIpc) is 2.61. The molecule has 7 heteroatoms. The molecule has 5 nitrogen and oxygen atoms in total. The maximum Gasteiger partial charge on any atom is 0.286 e. The fourth-order valence-corrected chi connectivity index (χ4v) is 3.17. The van der Waals surface area contributed by atoms with Crippen LogP contribution in [0.3, 0.4) is 0 Å². The molecule has 0 bridgehead atoms. The van der Waals surface area contributed by atoms with Crippen LogP contribution in [0.2, 0.25) is 0 Å². The normalized spacial score (nSPS) is 18.8. The lowest BCUT2D eigenvalue weighted by Crippen LogP contribution is -2.25. The molecular formula is C11H10N2O3S2. The van der Waals surface area contributed by atoms with Gasteiger partial charge in [0, 0.05) is 17.0 Å². The number of hydrogen-bond acceptors (Lipinski definition) is 6. The molecule has 0 spiro atoms. The second kappa shape index (κ2) is 5.45. The fraction of sp³-hybridized carbons (Fsp3) is 0.182. The molecule has 0 saturated carbocycles. The number of anilines is 1. The van der Waals surface area contributed by atoms with E-state index in [1.165, 1.54) is 0 Å². The minimum absolute atomic E-state index is 0.0151. The fourth-order valence-electron chi connectivity index (χ4n) is 1.42. The van der Waals surface area contributed by atoms with Crippen molar-refractivity contribution in [3.05, 3.63) is 24.3 Å². The van der Waals surface area contributed by atoms with Gasteiger partial charge in [-0.2, -0.15) is 0 Å². The molecule has 1 saturated heterocycles. The van der Waals surface area contributed by atoms with Gasteiger partial charge in [-0.25, -0.2) is 0 Å². The van der Waals surface area contributed by atoms with E-state index in [0.717, 1.165) is 23.5 Å². The summed E-state index contributed by atoms with van der Waals surface area (Å²) in [4.78, 5) is 34.7. The average molecular weight is 282 g/mol. The van der Waals surface area contributed by atoms with Crippen molar-refractivity contribution in [3.63, 3.8) is 0 Å². The van der Waals surface area contributed by atoms with Crippen LogP contribution in [-0.4, -0.2) is 21.5 Å². The molecule has 1 atom stereocenters. The van der Waals surface area contributed by atoms with Gasteiger partial charge in [-0.05, 0) is 23.9 Å². The summed E-state index contributed by atoms with van der Waals surface area (Å²) in [5.41, 5.74) is 6.24. The van der Waals surface area contributed by atoms with Gasteiger partial charge in [-0.1, -0.05) is 23.9 Å². The van der Waals surface area contributed by atoms with Crippen LogP contribution in [0.25, 0.3) is 0 Å². The van der Waals surface area contributed by atoms with Gasteiger partial charge in [-0.15, -0.1) is 0 Å².